The molecular formula is C13H22N4O. The Balaban J connectivity index is 1.73. The molecule has 1 aromatic rings. The van der Waals surface area contributed by atoms with Gasteiger partial charge in [-0.15, -0.1) is 0 Å². The molecule has 18 heavy (non-hydrogen) atoms. The maximum Gasteiger partial charge on any atom is 0.220 e. The van der Waals surface area contributed by atoms with E-state index in [2.05, 4.69) is 20.5 Å². The van der Waals surface area contributed by atoms with Crippen LogP contribution in [0.4, 0.5) is 0 Å². The summed E-state index contributed by atoms with van der Waals surface area (Å²) in [5.74, 6) is 2.30. The van der Waals surface area contributed by atoms with Gasteiger partial charge in [0.15, 0.2) is 5.82 Å². The van der Waals surface area contributed by atoms with Crippen LogP contribution in [-0.2, 0) is 4.79 Å². The molecule has 1 atom stereocenters. The van der Waals surface area contributed by atoms with Crippen molar-refractivity contribution in [2.75, 3.05) is 0 Å². The SMILES string of the molecule is Cc1nc([C@@H](C)NC(=O)CCC2CCCC2)n[nH]1. The fraction of sp³-hybridized carbons (Fsp3) is 0.769. The average molecular weight is 250 g/mol. The zero-order valence-electron chi connectivity index (χ0n) is 11.2. The highest BCUT2D eigenvalue weighted by Gasteiger charge is 2.18. The third kappa shape index (κ3) is 3.55. The summed E-state index contributed by atoms with van der Waals surface area (Å²) < 4.78 is 0. The number of aryl methyl sites for hydroxylation is 1. The van der Waals surface area contributed by atoms with Crippen LogP contribution in [0.15, 0.2) is 0 Å². The van der Waals surface area contributed by atoms with Gasteiger partial charge < -0.3 is 5.32 Å². The highest BCUT2D eigenvalue weighted by molar-refractivity contribution is 5.76. The molecule has 1 aliphatic rings. The first-order chi connectivity index (χ1) is 8.65. The van der Waals surface area contributed by atoms with E-state index in [0.717, 1.165) is 18.2 Å². The molecule has 2 rings (SSSR count). The van der Waals surface area contributed by atoms with E-state index in [0.29, 0.717) is 12.2 Å². The van der Waals surface area contributed by atoms with Gasteiger partial charge in [-0.25, -0.2) is 4.98 Å². The van der Waals surface area contributed by atoms with Crippen molar-refractivity contribution in [2.45, 2.75) is 58.4 Å². The number of aromatic amines is 1. The normalized spacial score (nSPS) is 17.9. The second-order valence-corrected chi connectivity index (χ2v) is 5.26. The predicted molar refractivity (Wildman–Crippen MR) is 68.9 cm³/mol. The lowest BCUT2D eigenvalue weighted by Gasteiger charge is -2.12. The molecule has 1 fully saturated rings. The lowest BCUT2D eigenvalue weighted by molar-refractivity contribution is -0.122. The van der Waals surface area contributed by atoms with Gasteiger partial charge in [-0.1, -0.05) is 25.7 Å². The quantitative estimate of drug-likeness (QED) is 0.842. The maximum absolute atomic E-state index is 11.8. The van der Waals surface area contributed by atoms with Gasteiger partial charge in [-0.3, -0.25) is 9.89 Å². The molecule has 0 aromatic carbocycles. The Bertz CT molecular complexity index is 395. The van der Waals surface area contributed by atoms with Crippen molar-refractivity contribution in [3.63, 3.8) is 0 Å². The van der Waals surface area contributed by atoms with Gasteiger partial charge in [-0.2, -0.15) is 5.10 Å². The molecule has 2 N–H and O–H groups in total. The predicted octanol–water partition coefficient (Wildman–Crippen LogP) is 2.26. The molecule has 0 aliphatic heterocycles. The fourth-order valence-corrected chi connectivity index (χ4v) is 2.57. The van der Waals surface area contributed by atoms with Gasteiger partial charge in [0.1, 0.15) is 5.82 Å². The number of nitrogens with one attached hydrogen (secondary N) is 2. The Hall–Kier alpha value is -1.39. The van der Waals surface area contributed by atoms with Crippen molar-refractivity contribution in [2.24, 2.45) is 5.92 Å². The van der Waals surface area contributed by atoms with E-state index in [-0.39, 0.29) is 11.9 Å². The molecule has 1 amide bonds. The Morgan fingerprint density at radius 1 is 1.50 bits per heavy atom. The number of H-pyrrole nitrogens is 1. The number of aromatic nitrogens is 3. The Morgan fingerprint density at radius 3 is 2.83 bits per heavy atom. The average Bonchev–Trinajstić information content (AvgIpc) is 2.97. The molecular weight excluding hydrogens is 228 g/mol. The monoisotopic (exact) mass is 250 g/mol. The Kier molecular flexibility index (Phi) is 4.33. The van der Waals surface area contributed by atoms with Gasteiger partial charge in [0.05, 0.1) is 6.04 Å². The molecule has 0 saturated heterocycles. The molecule has 5 heteroatoms. The first kappa shape index (κ1) is 13.1. The molecule has 1 saturated carbocycles. The van der Waals surface area contributed by atoms with Crippen molar-refractivity contribution < 1.29 is 4.79 Å². The molecule has 0 radical (unpaired) electrons. The van der Waals surface area contributed by atoms with Crippen LogP contribution in [0.25, 0.3) is 0 Å². The molecule has 0 bridgehead atoms. The Morgan fingerprint density at radius 2 is 2.22 bits per heavy atom. The van der Waals surface area contributed by atoms with Crippen LogP contribution in [0.2, 0.25) is 0 Å². The van der Waals surface area contributed by atoms with E-state index >= 15 is 0 Å². The number of carbonyl (C=O) groups is 1. The van der Waals surface area contributed by atoms with Crippen molar-refractivity contribution in [3.05, 3.63) is 11.6 Å². The Labute approximate surface area is 108 Å². The van der Waals surface area contributed by atoms with Crippen LogP contribution < -0.4 is 5.32 Å². The minimum absolute atomic E-state index is 0.108. The topological polar surface area (TPSA) is 70.7 Å². The van der Waals surface area contributed by atoms with Gasteiger partial charge in [0.25, 0.3) is 0 Å². The van der Waals surface area contributed by atoms with E-state index in [4.69, 9.17) is 0 Å². The van der Waals surface area contributed by atoms with Crippen molar-refractivity contribution in [3.8, 4) is 0 Å². The number of hydrogen-bond donors (Lipinski definition) is 2. The molecule has 1 heterocycles. The lowest BCUT2D eigenvalue weighted by Crippen LogP contribution is -2.27. The number of carbonyl (C=O) groups excluding carboxylic acids is 1. The molecule has 0 unspecified atom stereocenters. The molecule has 0 spiro atoms. The zero-order valence-corrected chi connectivity index (χ0v) is 11.2. The summed E-state index contributed by atoms with van der Waals surface area (Å²) in [6, 6.07) is -0.119. The smallest absolute Gasteiger partial charge is 0.220 e. The van der Waals surface area contributed by atoms with Crippen LogP contribution in [0.1, 0.15) is 63.1 Å². The highest BCUT2D eigenvalue weighted by Crippen LogP contribution is 2.28. The van der Waals surface area contributed by atoms with E-state index in [1.807, 2.05) is 13.8 Å². The van der Waals surface area contributed by atoms with Crippen molar-refractivity contribution in [1.82, 2.24) is 20.5 Å². The van der Waals surface area contributed by atoms with Crippen LogP contribution in [0.3, 0.4) is 0 Å². The molecule has 100 valence electrons. The van der Waals surface area contributed by atoms with E-state index in [9.17, 15) is 4.79 Å². The van der Waals surface area contributed by atoms with Crippen LogP contribution in [0, 0.1) is 12.8 Å². The summed E-state index contributed by atoms with van der Waals surface area (Å²) in [5, 5.41) is 9.79. The van der Waals surface area contributed by atoms with Crippen molar-refractivity contribution >= 4 is 5.91 Å². The second kappa shape index (κ2) is 5.98. The molecule has 1 aromatic heterocycles. The third-order valence-corrected chi connectivity index (χ3v) is 3.63. The van der Waals surface area contributed by atoms with Crippen LogP contribution in [0.5, 0.6) is 0 Å². The van der Waals surface area contributed by atoms with E-state index in [1.165, 1.54) is 25.7 Å². The summed E-state index contributed by atoms with van der Waals surface area (Å²) >= 11 is 0. The minimum Gasteiger partial charge on any atom is -0.346 e. The summed E-state index contributed by atoms with van der Waals surface area (Å²) in [4.78, 5) is 16.0. The highest BCUT2D eigenvalue weighted by atomic mass is 16.1. The second-order valence-electron chi connectivity index (χ2n) is 5.26. The summed E-state index contributed by atoms with van der Waals surface area (Å²) in [7, 11) is 0. The van der Waals surface area contributed by atoms with Crippen molar-refractivity contribution in [1.29, 1.82) is 0 Å². The number of amides is 1. The minimum atomic E-state index is -0.119. The first-order valence-electron chi connectivity index (χ1n) is 6.83. The summed E-state index contributed by atoms with van der Waals surface area (Å²) in [6.07, 6.45) is 6.90. The van der Waals surface area contributed by atoms with Gasteiger partial charge in [0.2, 0.25) is 5.91 Å². The standard InChI is InChI=1S/C13H22N4O/c1-9(13-15-10(2)16-17-13)14-12(18)8-7-11-5-3-4-6-11/h9,11H,3-8H2,1-2H3,(H,14,18)(H,15,16,17)/t9-/m1/s1. The van der Waals surface area contributed by atoms with Gasteiger partial charge in [-0.05, 0) is 26.2 Å². The maximum atomic E-state index is 11.8. The number of nitrogens with zero attached hydrogens (tertiary/aromatic N) is 2. The summed E-state index contributed by atoms with van der Waals surface area (Å²) in [5.41, 5.74) is 0. The number of rotatable bonds is 5. The van der Waals surface area contributed by atoms with Gasteiger partial charge >= 0.3 is 0 Å². The van der Waals surface area contributed by atoms with Crippen LogP contribution >= 0.6 is 0 Å². The molecule has 5 nitrogen and oxygen atoms in total. The van der Waals surface area contributed by atoms with Crippen LogP contribution in [-0.4, -0.2) is 21.1 Å². The summed E-state index contributed by atoms with van der Waals surface area (Å²) in [6.45, 7) is 3.77. The zero-order chi connectivity index (χ0) is 13.0. The van der Waals surface area contributed by atoms with E-state index in [1.54, 1.807) is 0 Å². The third-order valence-electron chi connectivity index (χ3n) is 3.63. The molecule has 1 aliphatic carbocycles. The largest absolute Gasteiger partial charge is 0.346 e. The number of hydrogen-bond acceptors (Lipinski definition) is 3. The first-order valence-corrected chi connectivity index (χ1v) is 6.83. The fourth-order valence-electron chi connectivity index (χ4n) is 2.57. The lowest BCUT2D eigenvalue weighted by atomic mass is 10.0. The van der Waals surface area contributed by atoms with E-state index < -0.39 is 0 Å². The van der Waals surface area contributed by atoms with Gasteiger partial charge in [0, 0.05) is 6.42 Å².